The van der Waals surface area contributed by atoms with Crippen molar-refractivity contribution in [1.29, 1.82) is 0 Å². The molecule has 0 saturated carbocycles. The normalized spacial score (nSPS) is 14.8. The van der Waals surface area contributed by atoms with E-state index >= 15 is 0 Å². The van der Waals surface area contributed by atoms with Gasteiger partial charge in [0.1, 0.15) is 5.82 Å². The van der Waals surface area contributed by atoms with Crippen LogP contribution in [0, 0.1) is 12.7 Å². The molecule has 0 bridgehead atoms. The molecule has 1 aliphatic heterocycles. The van der Waals surface area contributed by atoms with Gasteiger partial charge < -0.3 is 16.4 Å². The first kappa shape index (κ1) is 26.9. The van der Waals surface area contributed by atoms with Crippen LogP contribution in [-0.4, -0.2) is 60.8 Å². The van der Waals surface area contributed by atoms with Crippen molar-refractivity contribution in [3.05, 3.63) is 71.7 Å². The smallest absolute Gasteiger partial charge is 0.259 e. The summed E-state index contributed by atoms with van der Waals surface area (Å²) in [6, 6.07) is 5.65. The molecule has 40 heavy (non-hydrogen) atoms. The van der Waals surface area contributed by atoms with Crippen molar-refractivity contribution >= 4 is 34.6 Å². The Bertz CT molecular complexity index is 1650. The van der Waals surface area contributed by atoms with Gasteiger partial charge in [0.25, 0.3) is 11.8 Å². The molecule has 12 heteroatoms. The molecule has 0 unspecified atom stereocenters. The second kappa shape index (κ2) is 10.5. The SMILES string of the molecule is Cc1ncc(NC(=O)CN2CCCC2(C)C)cc1NC(=O)c1cnn2cc(-c3ccc(C(N)=O)c(F)c3)ncc12. The number of aryl methyl sites for hydroxylation is 1. The summed E-state index contributed by atoms with van der Waals surface area (Å²) in [6.07, 6.45) is 8.07. The van der Waals surface area contributed by atoms with Crippen LogP contribution in [0.3, 0.4) is 0 Å². The lowest BCUT2D eigenvalue weighted by Crippen LogP contribution is -2.42. The summed E-state index contributed by atoms with van der Waals surface area (Å²) in [5.41, 5.74) is 7.93. The van der Waals surface area contributed by atoms with E-state index in [1.165, 1.54) is 35.1 Å². The molecule has 4 aromatic rings. The third kappa shape index (κ3) is 5.38. The minimum atomic E-state index is -0.861. The van der Waals surface area contributed by atoms with Gasteiger partial charge in [-0.2, -0.15) is 5.10 Å². The number of nitrogens with two attached hydrogens (primary N) is 1. The number of aromatic nitrogens is 4. The van der Waals surface area contributed by atoms with Gasteiger partial charge in [-0.1, -0.05) is 6.07 Å². The largest absolute Gasteiger partial charge is 0.366 e. The Morgan fingerprint density at radius 2 is 1.88 bits per heavy atom. The van der Waals surface area contributed by atoms with Crippen molar-refractivity contribution in [1.82, 2.24) is 24.5 Å². The summed E-state index contributed by atoms with van der Waals surface area (Å²) >= 11 is 0. The molecule has 0 aliphatic carbocycles. The van der Waals surface area contributed by atoms with Crippen molar-refractivity contribution < 1.29 is 18.8 Å². The maximum Gasteiger partial charge on any atom is 0.259 e. The molecular formula is C28H29FN8O3. The number of halogens is 1. The molecule has 4 N–H and O–H groups in total. The van der Waals surface area contributed by atoms with E-state index in [2.05, 4.69) is 44.4 Å². The van der Waals surface area contributed by atoms with E-state index in [1.807, 2.05) is 0 Å². The molecule has 1 aromatic carbocycles. The number of likely N-dealkylation sites (tertiary alicyclic amines) is 1. The Morgan fingerprint density at radius 3 is 2.58 bits per heavy atom. The number of anilines is 2. The number of hydrogen-bond donors (Lipinski definition) is 3. The Morgan fingerprint density at radius 1 is 1.07 bits per heavy atom. The minimum Gasteiger partial charge on any atom is -0.366 e. The summed E-state index contributed by atoms with van der Waals surface area (Å²) < 4.78 is 15.7. The summed E-state index contributed by atoms with van der Waals surface area (Å²) in [4.78, 5) is 48.0. The Balaban J connectivity index is 1.31. The van der Waals surface area contributed by atoms with Crippen molar-refractivity contribution in [2.75, 3.05) is 23.7 Å². The van der Waals surface area contributed by atoms with Crippen molar-refractivity contribution in [3.63, 3.8) is 0 Å². The van der Waals surface area contributed by atoms with Gasteiger partial charge in [0, 0.05) is 11.1 Å². The quantitative estimate of drug-likeness (QED) is 0.323. The predicted octanol–water partition coefficient (Wildman–Crippen LogP) is 3.40. The molecular weight excluding hydrogens is 515 g/mol. The number of rotatable bonds is 7. The van der Waals surface area contributed by atoms with Crippen molar-refractivity contribution in [2.24, 2.45) is 5.73 Å². The molecule has 206 valence electrons. The maximum atomic E-state index is 14.2. The van der Waals surface area contributed by atoms with Crippen molar-refractivity contribution in [2.45, 2.75) is 39.2 Å². The Kier molecular flexibility index (Phi) is 7.03. The fraction of sp³-hybridized carbons (Fsp3) is 0.286. The highest BCUT2D eigenvalue weighted by Gasteiger charge is 2.32. The van der Waals surface area contributed by atoms with Gasteiger partial charge in [-0.05, 0) is 58.4 Å². The number of fused-ring (bicyclic) bond motifs is 1. The van der Waals surface area contributed by atoms with Gasteiger partial charge in [-0.3, -0.25) is 29.3 Å². The van der Waals surface area contributed by atoms with Gasteiger partial charge >= 0.3 is 0 Å². The van der Waals surface area contributed by atoms with Gasteiger partial charge in [0.05, 0.1) is 70.7 Å². The number of hydrogen-bond acceptors (Lipinski definition) is 7. The minimum absolute atomic E-state index is 0.0161. The average Bonchev–Trinajstić information content (AvgIpc) is 3.47. The highest BCUT2D eigenvalue weighted by molar-refractivity contribution is 6.09. The van der Waals surface area contributed by atoms with E-state index < -0.39 is 17.6 Å². The zero-order valence-corrected chi connectivity index (χ0v) is 22.4. The Labute approximate surface area is 229 Å². The Hall–Kier alpha value is -4.71. The molecule has 0 radical (unpaired) electrons. The van der Waals surface area contributed by atoms with Crippen LogP contribution >= 0.6 is 0 Å². The second-order valence-corrected chi connectivity index (χ2v) is 10.4. The third-order valence-corrected chi connectivity index (χ3v) is 7.21. The number of amides is 3. The number of nitrogens with zero attached hydrogens (tertiary/aromatic N) is 5. The average molecular weight is 545 g/mol. The van der Waals surface area contributed by atoms with E-state index in [1.54, 1.807) is 25.4 Å². The number of carbonyl (C=O) groups excluding carboxylic acids is 3. The predicted molar refractivity (Wildman–Crippen MR) is 147 cm³/mol. The number of carbonyl (C=O) groups is 3. The van der Waals surface area contributed by atoms with Crippen LogP contribution in [0.15, 0.2) is 49.1 Å². The van der Waals surface area contributed by atoms with Crippen LogP contribution in [0.4, 0.5) is 15.8 Å². The van der Waals surface area contributed by atoms with E-state index in [4.69, 9.17) is 5.73 Å². The van der Waals surface area contributed by atoms with Crippen LogP contribution in [0.25, 0.3) is 16.8 Å². The molecule has 3 aromatic heterocycles. The molecule has 3 amide bonds. The fourth-order valence-corrected chi connectivity index (χ4v) is 4.83. The third-order valence-electron chi connectivity index (χ3n) is 7.21. The summed E-state index contributed by atoms with van der Waals surface area (Å²) in [5.74, 6) is -2.20. The molecule has 1 fully saturated rings. The molecule has 5 rings (SSSR count). The monoisotopic (exact) mass is 544 g/mol. The number of primary amides is 1. The molecule has 4 heterocycles. The zero-order chi connectivity index (χ0) is 28.6. The van der Waals surface area contributed by atoms with E-state index in [-0.39, 0.29) is 29.1 Å². The van der Waals surface area contributed by atoms with Gasteiger partial charge in [-0.25, -0.2) is 8.91 Å². The molecule has 1 aliphatic rings. The molecule has 0 spiro atoms. The first-order valence-corrected chi connectivity index (χ1v) is 12.8. The molecule has 0 atom stereocenters. The van der Waals surface area contributed by atoms with Crippen LogP contribution < -0.4 is 16.4 Å². The first-order valence-electron chi connectivity index (χ1n) is 12.8. The molecule has 11 nitrogen and oxygen atoms in total. The van der Waals surface area contributed by atoms with Crippen LogP contribution in [-0.2, 0) is 4.79 Å². The maximum absolute atomic E-state index is 14.2. The van der Waals surface area contributed by atoms with E-state index in [0.717, 1.165) is 19.4 Å². The molecule has 1 saturated heterocycles. The summed E-state index contributed by atoms with van der Waals surface area (Å²) in [7, 11) is 0. The first-order chi connectivity index (χ1) is 19.0. The summed E-state index contributed by atoms with van der Waals surface area (Å²) in [5, 5.41) is 9.96. The van der Waals surface area contributed by atoms with Crippen molar-refractivity contribution in [3.8, 4) is 11.3 Å². The zero-order valence-electron chi connectivity index (χ0n) is 22.4. The van der Waals surface area contributed by atoms with Gasteiger partial charge in [-0.15, -0.1) is 0 Å². The topological polar surface area (TPSA) is 148 Å². The van der Waals surface area contributed by atoms with Crippen LogP contribution in [0.5, 0.6) is 0 Å². The second-order valence-electron chi connectivity index (χ2n) is 10.4. The lowest BCUT2D eigenvalue weighted by Gasteiger charge is -2.30. The van der Waals surface area contributed by atoms with Gasteiger partial charge in [0.15, 0.2) is 0 Å². The standard InChI is InChI=1S/C28H29FN8O3/c1-16-22(10-18(11-31-16)34-25(38)15-36-8-4-7-28(36,2)3)35-27(40)20-12-33-37-14-23(32-13-24(20)37)17-5-6-19(26(30)39)21(29)9-17/h5-6,9-14H,4,7-8,15H2,1-3H3,(H2,30,39)(H,34,38)(H,35,40). The van der Waals surface area contributed by atoms with Gasteiger partial charge in [0.2, 0.25) is 5.91 Å². The van der Waals surface area contributed by atoms with E-state index in [0.29, 0.717) is 33.8 Å². The number of nitrogens with one attached hydrogen (secondary N) is 2. The highest BCUT2D eigenvalue weighted by Crippen LogP contribution is 2.28. The fourth-order valence-electron chi connectivity index (χ4n) is 4.83. The van der Waals surface area contributed by atoms with E-state index in [9.17, 15) is 18.8 Å². The summed E-state index contributed by atoms with van der Waals surface area (Å²) in [6.45, 7) is 7.17. The number of pyridine rings is 1. The highest BCUT2D eigenvalue weighted by atomic mass is 19.1. The lowest BCUT2D eigenvalue weighted by molar-refractivity contribution is -0.118. The lowest BCUT2D eigenvalue weighted by atomic mass is 10.0. The van der Waals surface area contributed by atoms with Crippen LogP contribution in [0.1, 0.15) is 53.1 Å². The van der Waals surface area contributed by atoms with Crippen LogP contribution in [0.2, 0.25) is 0 Å². The number of benzene rings is 1.